The number of carboxylic acids is 4. The van der Waals surface area contributed by atoms with E-state index in [1.165, 1.54) is 24.2 Å². The molecule has 3 aromatic carbocycles. The number of nitrogens with zero attached hydrogens (tertiary/aromatic N) is 3. The summed E-state index contributed by atoms with van der Waals surface area (Å²) >= 11 is 0. The summed E-state index contributed by atoms with van der Waals surface area (Å²) in [4.78, 5) is 111. The molecule has 0 bridgehead atoms. The number of carbonyl (C=O) groups excluding carboxylic acids is 3. The topological polar surface area (TPSA) is 238 Å². The van der Waals surface area contributed by atoms with Gasteiger partial charge in [0.1, 0.15) is 22.7 Å². The van der Waals surface area contributed by atoms with Crippen LogP contribution in [-0.4, -0.2) is 111 Å². The lowest BCUT2D eigenvalue weighted by molar-refractivity contribution is -0.255. The number of unbranched alkanes of at least 4 members (excludes halogenated alkanes) is 11. The second-order valence-corrected chi connectivity index (χ2v) is 28.7. The largest absolute Gasteiger partial charge is 0.481 e. The Bertz CT molecular complexity index is 2660. The Morgan fingerprint density at radius 2 is 0.628 bits per heavy atom. The van der Waals surface area contributed by atoms with E-state index in [0.717, 1.165) is 38.5 Å². The van der Waals surface area contributed by atoms with Crippen LogP contribution >= 0.6 is 0 Å². The summed E-state index contributed by atoms with van der Waals surface area (Å²) < 4.78 is 18.1. The maximum atomic E-state index is 16.3. The van der Waals surface area contributed by atoms with Crippen molar-refractivity contribution in [1.29, 1.82) is 0 Å². The highest BCUT2D eigenvalue weighted by Crippen LogP contribution is 2.74. The predicted octanol–water partition coefficient (Wildman–Crippen LogP) is 15.8. The van der Waals surface area contributed by atoms with Gasteiger partial charge in [0.25, 0.3) is 5.41 Å². The lowest BCUT2D eigenvalue weighted by Crippen LogP contribution is -2.78. The molecule has 3 aromatic rings. The van der Waals surface area contributed by atoms with Gasteiger partial charge in [0, 0.05) is 33.2 Å². The van der Waals surface area contributed by atoms with E-state index in [0.29, 0.717) is 12.8 Å². The van der Waals surface area contributed by atoms with Crippen molar-refractivity contribution in [2.24, 2.45) is 34.0 Å². The summed E-state index contributed by atoms with van der Waals surface area (Å²) in [6.45, 7) is 23.5. The van der Waals surface area contributed by atoms with Crippen LogP contribution in [0, 0.1) is 34.0 Å². The van der Waals surface area contributed by atoms with Crippen molar-refractivity contribution < 1.29 is 68.2 Å². The van der Waals surface area contributed by atoms with E-state index in [1.54, 1.807) is 128 Å². The minimum Gasteiger partial charge on any atom is -0.481 e. The first-order chi connectivity index (χ1) is 40.1. The van der Waals surface area contributed by atoms with Crippen LogP contribution in [0.1, 0.15) is 212 Å². The zero-order valence-corrected chi connectivity index (χ0v) is 53.5. The number of piperidine rings is 3. The van der Waals surface area contributed by atoms with E-state index in [9.17, 15) is 34.8 Å². The van der Waals surface area contributed by atoms with Gasteiger partial charge in [-0.05, 0) is 188 Å². The van der Waals surface area contributed by atoms with Crippen LogP contribution in [0.5, 0.6) is 17.2 Å². The summed E-state index contributed by atoms with van der Waals surface area (Å²) in [5.74, 6) is -11.9. The van der Waals surface area contributed by atoms with Gasteiger partial charge < -0.3 is 34.6 Å². The van der Waals surface area contributed by atoms with Crippen molar-refractivity contribution in [3.8, 4) is 17.2 Å². The zero-order chi connectivity index (χ0) is 63.9. The number of likely N-dealkylation sites (tertiary alicyclic amines) is 3. The molecule has 4 N–H and O–H groups in total. The van der Waals surface area contributed by atoms with Gasteiger partial charge in [-0.15, -0.1) is 0 Å². The molecule has 3 aliphatic heterocycles. The van der Waals surface area contributed by atoms with Crippen molar-refractivity contribution in [3.05, 3.63) is 91.0 Å². The minimum atomic E-state index is -4.12. The maximum Gasteiger partial charge on any atom is 0.416 e. The molecule has 3 saturated heterocycles. The molecule has 0 aliphatic carbocycles. The average Bonchev–Trinajstić information content (AvgIpc) is 0.663. The highest BCUT2D eigenvalue weighted by Gasteiger charge is 2.84. The van der Waals surface area contributed by atoms with E-state index < -0.39 is 109 Å². The Kier molecular flexibility index (Phi) is 21.3. The molecule has 17 heteroatoms. The standard InChI is InChI=1S/C69H99N3O14/c1-14-15-16-17-18-19-20-21-22-23-24-34-41-67(48-42-61(2,3)70(62(4,5)43-48)58(81)84-51-35-28-25-29-36-51,49-44-63(6,7)71(64(8,9)45-49)59(82)85-52-37-30-26-31-38-52)69(57(79)80,68(54(73)74,55(75)76)56(77)78)50-46-65(10,11)72(66(12,13)47-50)60(83)86-53-39-32-27-33-40-53/h25-33,35-40,48-50H,14-24,34,41-47H2,1-13H3,(H,73,74)(H,75,76)(H,77,78)(H,79,80). The number of aliphatic carboxylic acids is 4. The number of rotatable bonds is 25. The van der Waals surface area contributed by atoms with Gasteiger partial charge in [-0.3, -0.25) is 33.9 Å². The van der Waals surface area contributed by atoms with Crippen molar-refractivity contribution in [2.75, 3.05) is 0 Å². The molecule has 0 spiro atoms. The predicted molar refractivity (Wildman–Crippen MR) is 329 cm³/mol. The maximum absolute atomic E-state index is 16.3. The number of hydrogen-bond donors (Lipinski definition) is 4. The van der Waals surface area contributed by atoms with Crippen LogP contribution in [0.15, 0.2) is 91.0 Å². The summed E-state index contributed by atoms with van der Waals surface area (Å²) in [7, 11) is 0. The number of hydrogen-bond acceptors (Lipinski definition) is 10. The van der Waals surface area contributed by atoms with Crippen LogP contribution in [-0.2, 0) is 19.2 Å². The Hall–Kier alpha value is -6.65. The van der Waals surface area contributed by atoms with Gasteiger partial charge >= 0.3 is 42.2 Å². The summed E-state index contributed by atoms with van der Waals surface area (Å²) in [5.41, 5.74) is -17.6. The van der Waals surface area contributed by atoms with Gasteiger partial charge in [0.05, 0.1) is 0 Å². The fraction of sp³-hybridized carbons (Fsp3) is 0.638. The Labute approximate surface area is 510 Å². The molecule has 3 heterocycles. The third kappa shape index (κ3) is 13.6. The van der Waals surface area contributed by atoms with E-state index in [4.69, 9.17) is 14.2 Å². The molecule has 0 aromatic heterocycles. The average molecular weight is 1190 g/mol. The molecule has 17 nitrogen and oxygen atoms in total. The second-order valence-electron chi connectivity index (χ2n) is 28.7. The Morgan fingerprint density at radius 3 is 0.872 bits per heavy atom. The van der Waals surface area contributed by atoms with Gasteiger partial charge in [-0.1, -0.05) is 139 Å². The number of ether oxygens (including phenoxy) is 3. The lowest BCUT2D eigenvalue weighted by atomic mass is 9.34. The smallest absolute Gasteiger partial charge is 0.416 e. The van der Waals surface area contributed by atoms with Gasteiger partial charge in [0.2, 0.25) is 0 Å². The van der Waals surface area contributed by atoms with E-state index >= 15 is 19.2 Å². The monoisotopic (exact) mass is 1190 g/mol. The van der Waals surface area contributed by atoms with Crippen molar-refractivity contribution in [1.82, 2.24) is 14.7 Å². The molecule has 3 aliphatic rings. The Balaban J connectivity index is 1.69. The number of benzene rings is 3. The lowest BCUT2D eigenvalue weighted by Gasteiger charge is -2.70. The first kappa shape index (κ1) is 68.5. The molecule has 3 amide bonds. The van der Waals surface area contributed by atoms with E-state index in [-0.39, 0.29) is 68.6 Å². The number of carboxylic acid groups (broad SMARTS) is 4. The highest BCUT2D eigenvalue weighted by molar-refractivity contribution is 6.20. The van der Waals surface area contributed by atoms with Crippen molar-refractivity contribution >= 4 is 42.2 Å². The SMILES string of the molecule is CCCCCCCCCCCCCCC(C1CC(C)(C)N(C(=O)Oc2ccccc2)C(C)(C)C1)(C1CC(C)(C)N(C(=O)Oc2ccccc2)C(C)(C)C1)C(C(=O)O)(C1CC(C)(C)N(C(=O)Oc2ccccc2)C(C)(C)C1)C(C(=O)O)(C(=O)O)C(=O)O. The van der Waals surface area contributed by atoms with Crippen LogP contribution in [0.3, 0.4) is 0 Å². The van der Waals surface area contributed by atoms with Crippen LogP contribution in [0.25, 0.3) is 0 Å². The van der Waals surface area contributed by atoms with Crippen LogP contribution in [0.4, 0.5) is 14.4 Å². The molecule has 474 valence electrons. The van der Waals surface area contributed by atoms with Gasteiger partial charge in [-0.2, -0.15) is 0 Å². The second kappa shape index (κ2) is 26.8. The quantitative estimate of drug-likeness (QED) is 0.0456. The minimum absolute atomic E-state index is 0.0608. The highest BCUT2D eigenvalue weighted by atomic mass is 16.6. The zero-order valence-electron chi connectivity index (χ0n) is 53.5. The first-order valence-corrected chi connectivity index (χ1v) is 31.3. The normalized spacial score (nSPS) is 20.0. The van der Waals surface area contributed by atoms with Crippen LogP contribution < -0.4 is 14.2 Å². The Morgan fingerprint density at radius 1 is 0.384 bits per heavy atom. The number of carbonyl (C=O) groups is 7. The fourth-order valence-electron chi connectivity index (χ4n) is 17.5. The van der Waals surface area contributed by atoms with Gasteiger partial charge in [-0.25, -0.2) is 14.4 Å². The summed E-state index contributed by atoms with van der Waals surface area (Å²) in [6.07, 6.45) is 7.91. The van der Waals surface area contributed by atoms with Gasteiger partial charge in [0.15, 0.2) is 0 Å². The molecule has 0 saturated carbocycles. The third-order valence-electron chi connectivity index (χ3n) is 19.6. The molecule has 86 heavy (non-hydrogen) atoms. The first-order valence-electron chi connectivity index (χ1n) is 31.3. The van der Waals surface area contributed by atoms with Crippen molar-refractivity contribution in [3.63, 3.8) is 0 Å². The molecule has 1 unspecified atom stereocenters. The molecule has 1 atom stereocenters. The molecule has 3 fully saturated rings. The number of amides is 3. The summed E-state index contributed by atoms with van der Waals surface area (Å²) in [5, 5.41) is 49.7. The van der Waals surface area contributed by atoms with E-state index in [2.05, 4.69) is 6.92 Å². The third-order valence-corrected chi connectivity index (χ3v) is 19.6. The molecular weight excluding hydrogens is 1090 g/mol. The van der Waals surface area contributed by atoms with Crippen LogP contribution in [0.2, 0.25) is 0 Å². The number of para-hydroxylation sites is 3. The summed E-state index contributed by atoms with van der Waals surface area (Å²) in [6, 6.07) is 25.5. The molecule has 6 rings (SSSR count). The fourth-order valence-corrected chi connectivity index (χ4v) is 17.5. The van der Waals surface area contributed by atoms with E-state index in [1.807, 2.05) is 55.4 Å². The van der Waals surface area contributed by atoms with Crippen molar-refractivity contribution in [2.45, 2.75) is 245 Å². The molecular formula is C69H99N3O14. The molecule has 0 radical (unpaired) electrons.